The first kappa shape index (κ1) is 22.0. The zero-order chi connectivity index (χ0) is 22.9. The Morgan fingerprint density at radius 2 is 1.75 bits per heavy atom. The molecule has 0 fully saturated rings. The van der Waals surface area contributed by atoms with Gasteiger partial charge in [-0.15, -0.1) is 0 Å². The quantitative estimate of drug-likeness (QED) is 0.491. The summed E-state index contributed by atoms with van der Waals surface area (Å²) < 4.78 is 30.5. The van der Waals surface area contributed by atoms with E-state index in [1.165, 1.54) is 10.6 Å². The van der Waals surface area contributed by atoms with Gasteiger partial charge in [-0.25, -0.2) is 13.2 Å². The summed E-state index contributed by atoms with van der Waals surface area (Å²) in [4.78, 5) is 24.9. The van der Waals surface area contributed by atoms with Gasteiger partial charge in [-0.2, -0.15) is 5.10 Å². The summed E-state index contributed by atoms with van der Waals surface area (Å²) in [7, 11) is -3.37. The van der Waals surface area contributed by atoms with Gasteiger partial charge in [0.15, 0.2) is 12.4 Å². The first-order valence-electron chi connectivity index (χ1n) is 10.4. The maximum absolute atomic E-state index is 12.6. The molecule has 0 saturated carbocycles. The van der Waals surface area contributed by atoms with Crippen molar-refractivity contribution in [2.75, 3.05) is 35.3 Å². The van der Waals surface area contributed by atoms with Crippen LogP contribution >= 0.6 is 0 Å². The third kappa shape index (κ3) is 4.67. The fourth-order valence-corrected chi connectivity index (χ4v) is 4.90. The van der Waals surface area contributed by atoms with E-state index in [4.69, 9.17) is 4.74 Å². The number of carbonyl (C=O) groups excluding carboxylic acids is 2. The SMILES string of the molecule is CC1=NN(c2ccc(C(=O)OCC(=O)c3ccc4c(c3)CCCN4S(C)(=O)=O)cc2)CC1. The van der Waals surface area contributed by atoms with Gasteiger partial charge in [0.2, 0.25) is 10.0 Å². The number of aryl methyl sites for hydroxylation is 1. The number of fused-ring (bicyclic) bond motifs is 1. The number of nitrogens with zero attached hydrogens (tertiary/aromatic N) is 3. The molecule has 2 aliphatic heterocycles. The molecule has 0 bridgehead atoms. The smallest absolute Gasteiger partial charge is 0.338 e. The molecule has 2 heterocycles. The van der Waals surface area contributed by atoms with E-state index in [1.54, 1.807) is 42.5 Å². The number of rotatable bonds is 6. The zero-order valence-corrected chi connectivity index (χ0v) is 18.9. The highest BCUT2D eigenvalue weighted by Crippen LogP contribution is 2.30. The first-order chi connectivity index (χ1) is 15.2. The molecule has 9 heteroatoms. The van der Waals surface area contributed by atoms with Gasteiger partial charge in [0.1, 0.15) is 0 Å². The Bertz CT molecular complexity index is 1190. The predicted molar refractivity (Wildman–Crippen MR) is 123 cm³/mol. The van der Waals surface area contributed by atoms with Crippen LogP contribution < -0.4 is 9.31 Å². The number of hydrazone groups is 1. The van der Waals surface area contributed by atoms with Crippen molar-refractivity contribution in [2.24, 2.45) is 5.10 Å². The predicted octanol–water partition coefficient (Wildman–Crippen LogP) is 3.02. The first-order valence-corrected chi connectivity index (χ1v) is 12.3. The lowest BCUT2D eigenvalue weighted by atomic mass is 9.99. The summed E-state index contributed by atoms with van der Waals surface area (Å²) in [6, 6.07) is 11.8. The van der Waals surface area contributed by atoms with Crippen LogP contribution in [0.1, 0.15) is 46.0 Å². The highest BCUT2D eigenvalue weighted by atomic mass is 32.2. The molecule has 2 aliphatic rings. The molecule has 0 saturated heterocycles. The second-order valence-corrected chi connectivity index (χ2v) is 9.94. The minimum Gasteiger partial charge on any atom is -0.454 e. The van der Waals surface area contributed by atoms with Crippen molar-refractivity contribution in [2.45, 2.75) is 26.2 Å². The topological polar surface area (TPSA) is 96.3 Å². The van der Waals surface area contributed by atoms with E-state index in [2.05, 4.69) is 5.10 Å². The van der Waals surface area contributed by atoms with Gasteiger partial charge in [-0.1, -0.05) is 0 Å². The average molecular weight is 456 g/mol. The lowest BCUT2D eigenvalue weighted by Crippen LogP contribution is -2.34. The van der Waals surface area contributed by atoms with Gasteiger partial charge in [-0.05, 0) is 67.8 Å². The van der Waals surface area contributed by atoms with Crippen molar-refractivity contribution in [1.29, 1.82) is 0 Å². The van der Waals surface area contributed by atoms with Crippen LogP contribution in [0.3, 0.4) is 0 Å². The zero-order valence-electron chi connectivity index (χ0n) is 18.1. The fraction of sp³-hybridized carbons (Fsp3) is 0.348. The summed E-state index contributed by atoms with van der Waals surface area (Å²) in [5.74, 6) is -0.914. The number of Topliss-reactive ketones (excluding diaryl/α,β-unsaturated/α-hetero) is 1. The molecule has 0 amide bonds. The fourth-order valence-electron chi connectivity index (χ4n) is 3.91. The second kappa shape index (κ2) is 8.74. The van der Waals surface area contributed by atoms with E-state index in [-0.39, 0.29) is 12.4 Å². The molecule has 168 valence electrons. The number of esters is 1. The number of ether oxygens (including phenoxy) is 1. The van der Waals surface area contributed by atoms with Crippen LogP contribution in [0.15, 0.2) is 47.6 Å². The Balaban J connectivity index is 1.39. The van der Waals surface area contributed by atoms with Gasteiger partial charge in [0, 0.05) is 30.8 Å². The van der Waals surface area contributed by atoms with Crippen molar-refractivity contribution in [3.05, 3.63) is 59.2 Å². The monoisotopic (exact) mass is 455 g/mol. The van der Waals surface area contributed by atoms with Crippen LogP contribution in [0.4, 0.5) is 11.4 Å². The molecule has 4 rings (SSSR count). The summed E-state index contributed by atoms with van der Waals surface area (Å²) in [6.45, 7) is 2.84. The molecule has 0 radical (unpaired) electrons. The van der Waals surface area contributed by atoms with Crippen molar-refractivity contribution in [3.8, 4) is 0 Å². The molecule has 0 aromatic heterocycles. The van der Waals surface area contributed by atoms with Crippen LogP contribution in [0.5, 0.6) is 0 Å². The Morgan fingerprint density at radius 3 is 2.41 bits per heavy atom. The summed E-state index contributed by atoms with van der Waals surface area (Å²) in [5, 5.41) is 6.31. The third-order valence-corrected chi connectivity index (χ3v) is 6.77. The molecule has 0 N–H and O–H groups in total. The minimum absolute atomic E-state index is 0.337. The average Bonchev–Trinajstić information content (AvgIpc) is 3.22. The van der Waals surface area contributed by atoms with E-state index < -0.39 is 16.0 Å². The van der Waals surface area contributed by atoms with Crippen LogP contribution in [0.2, 0.25) is 0 Å². The Morgan fingerprint density at radius 1 is 1.03 bits per heavy atom. The number of anilines is 2. The lowest BCUT2D eigenvalue weighted by molar-refractivity contribution is 0.0475. The summed E-state index contributed by atoms with van der Waals surface area (Å²) >= 11 is 0. The Labute approximate surface area is 187 Å². The van der Waals surface area contributed by atoms with Gasteiger partial charge in [0.25, 0.3) is 0 Å². The van der Waals surface area contributed by atoms with Crippen LogP contribution in [-0.2, 0) is 21.2 Å². The molecule has 0 unspecified atom stereocenters. The van der Waals surface area contributed by atoms with Gasteiger partial charge in [0.05, 0.1) is 23.2 Å². The number of hydrogen-bond donors (Lipinski definition) is 0. The second-order valence-electron chi connectivity index (χ2n) is 8.04. The molecule has 0 atom stereocenters. The highest BCUT2D eigenvalue weighted by molar-refractivity contribution is 7.92. The van der Waals surface area contributed by atoms with Crippen molar-refractivity contribution in [1.82, 2.24) is 0 Å². The molecule has 8 nitrogen and oxygen atoms in total. The van der Waals surface area contributed by atoms with Crippen LogP contribution in [0, 0.1) is 0 Å². The van der Waals surface area contributed by atoms with Gasteiger partial charge in [-0.3, -0.25) is 14.1 Å². The lowest BCUT2D eigenvalue weighted by Gasteiger charge is -2.29. The van der Waals surface area contributed by atoms with Crippen molar-refractivity contribution in [3.63, 3.8) is 0 Å². The standard InChI is InChI=1S/C23H25N3O5S/c1-16-11-13-25(24-16)20-8-5-17(6-9-20)23(28)31-15-22(27)19-7-10-21-18(14-19)4-3-12-26(21)32(2,29)30/h5-10,14H,3-4,11-13,15H2,1-2H3. The van der Waals surface area contributed by atoms with Crippen molar-refractivity contribution < 1.29 is 22.7 Å². The molecule has 32 heavy (non-hydrogen) atoms. The maximum Gasteiger partial charge on any atom is 0.338 e. The van der Waals surface area contributed by atoms with E-state index in [1.807, 2.05) is 11.9 Å². The van der Waals surface area contributed by atoms with Crippen LogP contribution in [0.25, 0.3) is 0 Å². The summed E-state index contributed by atoms with van der Waals surface area (Å²) in [6.07, 6.45) is 3.47. The maximum atomic E-state index is 12.6. The third-order valence-electron chi connectivity index (χ3n) is 5.59. The Hall–Kier alpha value is -3.20. The Kier molecular flexibility index (Phi) is 6.01. The molecule has 0 spiro atoms. The molecule has 2 aromatic rings. The number of ketones is 1. The van der Waals surface area contributed by atoms with E-state index in [9.17, 15) is 18.0 Å². The minimum atomic E-state index is -3.37. The molecule has 2 aromatic carbocycles. The van der Waals surface area contributed by atoms with E-state index >= 15 is 0 Å². The number of sulfonamides is 1. The number of benzene rings is 2. The molecule has 0 aliphatic carbocycles. The summed E-state index contributed by atoms with van der Waals surface area (Å²) in [5.41, 5.74) is 4.12. The van der Waals surface area contributed by atoms with E-state index in [0.29, 0.717) is 36.2 Å². The van der Waals surface area contributed by atoms with Crippen LogP contribution in [-0.4, -0.2) is 51.8 Å². The molecular weight excluding hydrogens is 430 g/mol. The van der Waals surface area contributed by atoms with Gasteiger partial charge < -0.3 is 4.74 Å². The number of carbonyl (C=O) groups is 2. The van der Waals surface area contributed by atoms with Crippen molar-refractivity contribution >= 4 is 38.9 Å². The normalized spacial score (nSPS) is 15.9. The van der Waals surface area contributed by atoms with Gasteiger partial charge >= 0.3 is 5.97 Å². The largest absolute Gasteiger partial charge is 0.454 e. The molecular formula is C23H25N3O5S. The number of hydrogen-bond acceptors (Lipinski definition) is 7. The highest BCUT2D eigenvalue weighted by Gasteiger charge is 2.25. The van der Waals surface area contributed by atoms with E-state index in [0.717, 1.165) is 29.9 Å².